The van der Waals surface area contributed by atoms with Crippen LogP contribution in [0, 0.1) is 6.92 Å². The zero-order valence-corrected chi connectivity index (χ0v) is 14.8. The molecule has 3 heterocycles. The van der Waals surface area contributed by atoms with E-state index in [1.807, 2.05) is 0 Å². The van der Waals surface area contributed by atoms with E-state index in [9.17, 15) is 0 Å². The first-order valence-electron chi connectivity index (χ1n) is 8.51. The molecular weight excluding hydrogens is 316 g/mol. The molecule has 1 fully saturated rings. The van der Waals surface area contributed by atoms with Gasteiger partial charge in [-0.05, 0) is 29.9 Å². The molecular formula is C19H22N4S. The van der Waals surface area contributed by atoms with Gasteiger partial charge in [0.05, 0.1) is 5.39 Å². The van der Waals surface area contributed by atoms with Gasteiger partial charge in [0, 0.05) is 32.7 Å². The Bertz CT molecular complexity index is 815. The maximum absolute atomic E-state index is 4.62. The molecule has 0 unspecified atom stereocenters. The molecule has 3 aromatic rings. The van der Waals surface area contributed by atoms with Crippen molar-refractivity contribution in [2.75, 3.05) is 31.1 Å². The van der Waals surface area contributed by atoms with Gasteiger partial charge in [-0.2, -0.15) is 0 Å². The zero-order chi connectivity index (χ0) is 16.4. The molecule has 4 rings (SSSR count). The van der Waals surface area contributed by atoms with Gasteiger partial charge in [-0.25, -0.2) is 9.97 Å². The standard InChI is InChI=1S/C19H22N4S/c1-15-13-24-19-17(15)18(20-14-21-19)23-9-5-8-22(10-11-23)12-16-6-3-2-4-7-16/h2-4,6-7,13-14H,5,8-12H2,1H3. The van der Waals surface area contributed by atoms with Crippen molar-refractivity contribution in [1.29, 1.82) is 0 Å². The van der Waals surface area contributed by atoms with E-state index < -0.39 is 0 Å². The molecule has 0 aliphatic carbocycles. The summed E-state index contributed by atoms with van der Waals surface area (Å²) in [6.45, 7) is 7.49. The summed E-state index contributed by atoms with van der Waals surface area (Å²) in [6.07, 6.45) is 2.88. The lowest BCUT2D eigenvalue weighted by molar-refractivity contribution is 0.285. The Morgan fingerprint density at radius 1 is 1.04 bits per heavy atom. The molecule has 2 aromatic heterocycles. The summed E-state index contributed by atoms with van der Waals surface area (Å²) in [4.78, 5) is 15.1. The number of nitrogens with zero attached hydrogens (tertiary/aromatic N) is 4. The highest BCUT2D eigenvalue weighted by molar-refractivity contribution is 7.17. The number of hydrogen-bond donors (Lipinski definition) is 0. The highest BCUT2D eigenvalue weighted by Gasteiger charge is 2.19. The van der Waals surface area contributed by atoms with Crippen LogP contribution in [0.15, 0.2) is 42.0 Å². The van der Waals surface area contributed by atoms with Gasteiger partial charge in [0.1, 0.15) is 17.0 Å². The smallest absolute Gasteiger partial charge is 0.141 e. The van der Waals surface area contributed by atoms with Gasteiger partial charge in [-0.15, -0.1) is 11.3 Å². The number of benzene rings is 1. The Kier molecular flexibility index (Phi) is 4.45. The fourth-order valence-corrected chi connectivity index (χ4v) is 4.30. The second-order valence-electron chi connectivity index (χ2n) is 6.40. The maximum atomic E-state index is 4.62. The monoisotopic (exact) mass is 338 g/mol. The van der Waals surface area contributed by atoms with E-state index in [-0.39, 0.29) is 0 Å². The van der Waals surface area contributed by atoms with Crippen molar-refractivity contribution in [2.45, 2.75) is 19.9 Å². The molecule has 4 nitrogen and oxygen atoms in total. The molecule has 24 heavy (non-hydrogen) atoms. The Balaban J connectivity index is 1.51. The lowest BCUT2D eigenvalue weighted by atomic mass is 10.2. The summed E-state index contributed by atoms with van der Waals surface area (Å²) in [7, 11) is 0. The van der Waals surface area contributed by atoms with Crippen LogP contribution in [0.5, 0.6) is 0 Å². The quantitative estimate of drug-likeness (QED) is 0.729. The van der Waals surface area contributed by atoms with E-state index in [1.54, 1.807) is 17.7 Å². The zero-order valence-electron chi connectivity index (χ0n) is 14.0. The van der Waals surface area contributed by atoms with Crippen LogP contribution in [0.3, 0.4) is 0 Å². The van der Waals surface area contributed by atoms with Gasteiger partial charge in [-0.3, -0.25) is 4.90 Å². The molecule has 0 atom stereocenters. The minimum Gasteiger partial charge on any atom is -0.355 e. The Morgan fingerprint density at radius 3 is 2.79 bits per heavy atom. The summed E-state index contributed by atoms with van der Waals surface area (Å²) < 4.78 is 0. The minimum absolute atomic E-state index is 1.02. The van der Waals surface area contributed by atoms with Crippen LogP contribution in [-0.2, 0) is 6.54 Å². The first-order valence-corrected chi connectivity index (χ1v) is 9.39. The first kappa shape index (κ1) is 15.5. The molecule has 124 valence electrons. The third-order valence-electron chi connectivity index (χ3n) is 4.67. The van der Waals surface area contributed by atoms with Crippen LogP contribution >= 0.6 is 11.3 Å². The average molecular weight is 338 g/mol. The van der Waals surface area contributed by atoms with Crippen LogP contribution < -0.4 is 4.90 Å². The lowest BCUT2D eigenvalue weighted by Crippen LogP contribution is -2.31. The molecule has 0 N–H and O–H groups in total. The van der Waals surface area contributed by atoms with E-state index in [2.05, 4.69) is 62.4 Å². The predicted molar refractivity (Wildman–Crippen MR) is 101 cm³/mol. The van der Waals surface area contributed by atoms with E-state index in [1.165, 1.54) is 22.9 Å². The van der Waals surface area contributed by atoms with Gasteiger partial charge >= 0.3 is 0 Å². The van der Waals surface area contributed by atoms with Crippen LogP contribution in [0.1, 0.15) is 17.5 Å². The van der Waals surface area contributed by atoms with Crippen molar-refractivity contribution >= 4 is 27.4 Å². The van der Waals surface area contributed by atoms with Crippen molar-refractivity contribution in [1.82, 2.24) is 14.9 Å². The fourth-order valence-electron chi connectivity index (χ4n) is 3.42. The van der Waals surface area contributed by atoms with Crippen molar-refractivity contribution in [3.63, 3.8) is 0 Å². The number of rotatable bonds is 3. The van der Waals surface area contributed by atoms with E-state index in [0.29, 0.717) is 0 Å². The number of hydrogen-bond acceptors (Lipinski definition) is 5. The fraction of sp³-hybridized carbons (Fsp3) is 0.368. The van der Waals surface area contributed by atoms with Crippen molar-refractivity contribution in [3.8, 4) is 0 Å². The molecule has 1 aromatic carbocycles. The predicted octanol–water partition coefficient (Wildman–Crippen LogP) is 3.71. The largest absolute Gasteiger partial charge is 0.355 e. The lowest BCUT2D eigenvalue weighted by Gasteiger charge is -2.23. The first-order chi connectivity index (χ1) is 11.8. The average Bonchev–Trinajstić information content (AvgIpc) is 2.85. The Hall–Kier alpha value is -1.98. The number of aryl methyl sites for hydroxylation is 1. The van der Waals surface area contributed by atoms with E-state index in [0.717, 1.165) is 43.4 Å². The van der Waals surface area contributed by atoms with E-state index in [4.69, 9.17) is 0 Å². The Labute approximate surface area is 146 Å². The number of fused-ring (bicyclic) bond motifs is 1. The minimum atomic E-state index is 1.02. The second kappa shape index (κ2) is 6.87. The van der Waals surface area contributed by atoms with Gasteiger partial charge in [-0.1, -0.05) is 30.3 Å². The molecule has 1 saturated heterocycles. The molecule has 5 heteroatoms. The molecule has 0 spiro atoms. The second-order valence-corrected chi connectivity index (χ2v) is 7.26. The maximum Gasteiger partial charge on any atom is 0.141 e. The van der Waals surface area contributed by atoms with E-state index >= 15 is 0 Å². The summed E-state index contributed by atoms with van der Waals surface area (Å²) in [5.41, 5.74) is 2.68. The van der Waals surface area contributed by atoms with Gasteiger partial charge in [0.2, 0.25) is 0 Å². The molecule has 1 aliphatic heterocycles. The number of anilines is 1. The molecule has 0 bridgehead atoms. The summed E-state index contributed by atoms with van der Waals surface area (Å²) >= 11 is 1.71. The van der Waals surface area contributed by atoms with Crippen LogP contribution in [0.4, 0.5) is 5.82 Å². The third-order valence-corrected chi connectivity index (χ3v) is 5.68. The van der Waals surface area contributed by atoms with Crippen LogP contribution in [-0.4, -0.2) is 41.0 Å². The normalized spacial score (nSPS) is 16.5. The number of thiophene rings is 1. The SMILES string of the molecule is Cc1csc2ncnc(N3CCCN(Cc4ccccc4)CC3)c12. The van der Waals surface area contributed by atoms with Crippen molar-refractivity contribution < 1.29 is 0 Å². The van der Waals surface area contributed by atoms with Gasteiger partial charge in [0.15, 0.2) is 0 Å². The highest BCUT2D eigenvalue weighted by atomic mass is 32.1. The van der Waals surface area contributed by atoms with Crippen LogP contribution in [0.2, 0.25) is 0 Å². The van der Waals surface area contributed by atoms with Gasteiger partial charge in [0.25, 0.3) is 0 Å². The van der Waals surface area contributed by atoms with Crippen molar-refractivity contribution in [3.05, 3.63) is 53.2 Å². The topological polar surface area (TPSA) is 32.3 Å². The van der Waals surface area contributed by atoms with Crippen LogP contribution in [0.25, 0.3) is 10.2 Å². The van der Waals surface area contributed by atoms with Crippen molar-refractivity contribution in [2.24, 2.45) is 0 Å². The number of aromatic nitrogens is 2. The van der Waals surface area contributed by atoms with Gasteiger partial charge < -0.3 is 4.90 Å². The summed E-state index contributed by atoms with van der Waals surface area (Å²) in [5.74, 6) is 1.11. The highest BCUT2D eigenvalue weighted by Crippen LogP contribution is 2.31. The Morgan fingerprint density at radius 2 is 1.92 bits per heavy atom. The molecule has 0 radical (unpaired) electrons. The molecule has 1 aliphatic rings. The molecule has 0 saturated carbocycles. The summed E-state index contributed by atoms with van der Waals surface area (Å²) in [6, 6.07) is 10.8. The summed E-state index contributed by atoms with van der Waals surface area (Å²) in [5, 5.41) is 3.42. The molecule has 0 amide bonds. The third kappa shape index (κ3) is 3.14.